The van der Waals surface area contributed by atoms with E-state index < -0.39 is 5.97 Å². The number of aromatic nitrogens is 4. The zero-order chi connectivity index (χ0) is 12.3. The molecule has 2 aromatic heterocycles. The molecule has 0 fully saturated rings. The molecule has 0 radical (unpaired) electrons. The van der Waals surface area contributed by atoms with Crippen LogP contribution in [0.1, 0.15) is 22.4 Å². The van der Waals surface area contributed by atoms with Crippen molar-refractivity contribution >= 4 is 17.3 Å². The third kappa shape index (κ3) is 2.78. The van der Waals surface area contributed by atoms with Gasteiger partial charge in [-0.05, 0) is 25.2 Å². The fraction of sp³-hybridized carbons (Fsp3) is 0.333. The number of esters is 1. The Kier molecular flexibility index (Phi) is 3.33. The molecule has 0 bridgehead atoms. The van der Waals surface area contributed by atoms with Crippen LogP contribution in [0, 0.1) is 6.92 Å². The van der Waals surface area contributed by atoms with Gasteiger partial charge in [0.05, 0.1) is 6.61 Å². The molecular formula is C9H10N4O3S. The SMILES string of the molecule is CCOC(=O)c1nnc(Oc2cc(C)[nH]n2)s1. The average molecular weight is 254 g/mol. The van der Waals surface area contributed by atoms with E-state index in [4.69, 9.17) is 9.47 Å². The number of hydrogen-bond acceptors (Lipinski definition) is 7. The molecular weight excluding hydrogens is 244 g/mol. The van der Waals surface area contributed by atoms with Crippen molar-refractivity contribution < 1.29 is 14.3 Å². The van der Waals surface area contributed by atoms with Gasteiger partial charge in [0.25, 0.3) is 0 Å². The van der Waals surface area contributed by atoms with Crippen molar-refractivity contribution in [3.05, 3.63) is 16.8 Å². The first-order chi connectivity index (χ1) is 8.19. The van der Waals surface area contributed by atoms with Gasteiger partial charge in [-0.25, -0.2) is 4.79 Å². The van der Waals surface area contributed by atoms with Gasteiger partial charge in [-0.1, -0.05) is 5.10 Å². The number of ether oxygens (including phenoxy) is 2. The highest BCUT2D eigenvalue weighted by molar-refractivity contribution is 7.14. The second-order valence-corrected chi connectivity index (χ2v) is 4.02. The quantitative estimate of drug-likeness (QED) is 0.832. The zero-order valence-corrected chi connectivity index (χ0v) is 10.1. The summed E-state index contributed by atoms with van der Waals surface area (Å²) in [6, 6.07) is 1.71. The smallest absolute Gasteiger partial charge is 0.369 e. The second kappa shape index (κ2) is 4.91. The predicted octanol–water partition coefficient (Wildman–Crippen LogP) is 1.54. The summed E-state index contributed by atoms with van der Waals surface area (Å²) in [4.78, 5) is 11.3. The number of carbonyl (C=O) groups is 1. The number of hydrogen-bond donors (Lipinski definition) is 1. The Morgan fingerprint density at radius 3 is 3.00 bits per heavy atom. The van der Waals surface area contributed by atoms with Gasteiger partial charge in [-0.3, -0.25) is 5.10 Å². The molecule has 2 aromatic rings. The topological polar surface area (TPSA) is 90.0 Å². The summed E-state index contributed by atoms with van der Waals surface area (Å²) in [5.41, 5.74) is 0.870. The predicted molar refractivity (Wildman–Crippen MR) is 59.3 cm³/mol. The molecule has 0 aliphatic heterocycles. The van der Waals surface area contributed by atoms with Crippen LogP contribution >= 0.6 is 11.3 Å². The molecule has 90 valence electrons. The number of rotatable bonds is 4. The van der Waals surface area contributed by atoms with Gasteiger partial charge in [0.15, 0.2) is 0 Å². The van der Waals surface area contributed by atoms with Gasteiger partial charge >= 0.3 is 11.2 Å². The average Bonchev–Trinajstić information content (AvgIpc) is 2.89. The minimum Gasteiger partial charge on any atom is -0.461 e. The maximum atomic E-state index is 11.3. The van der Waals surface area contributed by atoms with E-state index in [9.17, 15) is 4.79 Å². The number of H-pyrrole nitrogens is 1. The van der Waals surface area contributed by atoms with Crippen LogP contribution in [0.25, 0.3) is 0 Å². The molecule has 0 aliphatic carbocycles. The Balaban J connectivity index is 2.06. The Morgan fingerprint density at radius 1 is 1.53 bits per heavy atom. The Bertz CT molecular complexity index is 522. The molecule has 0 unspecified atom stereocenters. The standard InChI is InChI=1S/C9H10N4O3S/c1-3-15-8(14)7-12-13-9(17-7)16-6-4-5(2)10-11-6/h4H,3H2,1-2H3,(H,10,11). The number of carbonyl (C=O) groups excluding carboxylic acids is 1. The maximum Gasteiger partial charge on any atom is 0.369 e. The molecule has 7 nitrogen and oxygen atoms in total. The second-order valence-electron chi connectivity index (χ2n) is 3.08. The van der Waals surface area contributed by atoms with Crippen molar-refractivity contribution in [3.63, 3.8) is 0 Å². The molecule has 0 amide bonds. The van der Waals surface area contributed by atoms with Crippen LogP contribution in [0.2, 0.25) is 0 Å². The normalized spacial score (nSPS) is 10.2. The van der Waals surface area contributed by atoms with Crippen molar-refractivity contribution in [3.8, 4) is 11.1 Å². The Labute approximate surface area is 101 Å². The molecule has 0 aliphatic rings. The Morgan fingerprint density at radius 2 is 2.35 bits per heavy atom. The third-order valence-electron chi connectivity index (χ3n) is 1.73. The highest BCUT2D eigenvalue weighted by Crippen LogP contribution is 2.24. The fourth-order valence-electron chi connectivity index (χ4n) is 1.06. The largest absolute Gasteiger partial charge is 0.461 e. The van der Waals surface area contributed by atoms with Crippen LogP contribution in [-0.2, 0) is 4.74 Å². The summed E-state index contributed by atoms with van der Waals surface area (Å²) in [5.74, 6) is -0.118. The summed E-state index contributed by atoms with van der Waals surface area (Å²) in [5, 5.41) is 14.4. The van der Waals surface area contributed by atoms with Crippen LogP contribution < -0.4 is 4.74 Å². The number of aromatic amines is 1. The molecule has 0 aromatic carbocycles. The van der Waals surface area contributed by atoms with E-state index in [1.54, 1.807) is 13.0 Å². The molecule has 0 spiro atoms. The molecule has 0 saturated carbocycles. The summed E-state index contributed by atoms with van der Waals surface area (Å²) in [6.45, 7) is 3.88. The van der Waals surface area contributed by atoms with Gasteiger partial charge in [0.1, 0.15) is 0 Å². The van der Waals surface area contributed by atoms with Crippen LogP contribution in [0.4, 0.5) is 0 Å². The van der Waals surface area contributed by atoms with Gasteiger partial charge in [0.2, 0.25) is 10.9 Å². The lowest BCUT2D eigenvalue weighted by molar-refractivity contribution is 0.0525. The number of aryl methyl sites for hydroxylation is 1. The molecule has 0 atom stereocenters. The third-order valence-corrected chi connectivity index (χ3v) is 2.51. The van der Waals surface area contributed by atoms with Crippen LogP contribution in [0.5, 0.6) is 11.1 Å². The van der Waals surface area contributed by atoms with Gasteiger partial charge < -0.3 is 9.47 Å². The molecule has 17 heavy (non-hydrogen) atoms. The summed E-state index contributed by atoms with van der Waals surface area (Å²) < 4.78 is 10.1. The molecule has 0 saturated heterocycles. The van der Waals surface area contributed by atoms with Crippen molar-refractivity contribution in [2.75, 3.05) is 6.61 Å². The van der Waals surface area contributed by atoms with E-state index in [0.717, 1.165) is 17.0 Å². The van der Waals surface area contributed by atoms with Crippen LogP contribution in [-0.4, -0.2) is 33.0 Å². The van der Waals surface area contributed by atoms with Crippen molar-refractivity contribution in [1.82, 2.24) is 20.4 Å². The number of nitrogens with zero attached hydrogens (tertiary/aromatic N) is 3. The lowest BCUT2D eigenvalue weighted by atomic mass is 10.5. The van der Waals surface area contributed by atoms with Crippen molar-refractivity contribution in [2.24, 2.45) is 0 Å². The maximum absolute atomic E-state index is 11.3. The molecule has 8 heteroatoms. The fourth-order valence-corrected chi connectivity index (χ4v) is 1.66. The van der Waals surface area contributed by atoms with E-state index in [-0.39, 0.29) is 10.2 Å². The molecule has 1 N–H and O–H groups in total. The van der Waals surface area contributed by atoms with Crippen molar-refractivity contribution in [1.29, 1.82) is 0 Å². The first kappa shape index (κ1) is 11.5. The van der Waals surface area contributed by atoms with Crippen molar-refractivity contribution in [2.45, 2.75) is 13.8 Å². The molecule has 2 heterocycles. The first-order valence-electron chi connectivity index (χ1n) is 4.89. The zero-order valence-electron chi connectivity index (χ0n) is 9.26. The highest BCUT2D eigenvalue weighted by Gasteiger charge is 2.15. The molecule has 2 rings (SSSR count). The minimum absolute atomic E-state index is 0.161. The van der Waals surface area contributed by atoms with E-state index >= 15 is 0 Å². The van der Waals surface area contributed by atoms with Gasteiger partial charge in [-0.15, -0.1) is 10.2 Å². The van der Waals surface area contributed by atoms with Crippen LogP contribution in [0.15, 0.2) is 6.07 Å². The van der Waals surface area contributed by atoms with Gasteiger partial charge in [0, 0.05) is 11.8 Å². The van der Waals surface area contributed by atoms with E-state index in [0.29, 0.717) is 12.5 Å². The summed E-state index contributed by atoms with van der Waals surface area (Å²) in [7, 11) is 0. The summed E-state index contributed by atoms with van der Waals surface area (Å²) in [6.07, 6.45) is 0. The van der Waals surface area contributed by atoms with Gasteiger partial charge in [-0.2, -0.15) is 0 Å². The lowest BCUT2D eigenvalue weighted by Gasteiger charge is -1.94. The summed E-state index contributed by atoms with van der Waals surface area (Å²) >= 11 is 1.01. The minimum atomic E-state index is -0.502. The van der Waals surface area contributed by atoms with E-state index in [1.807, 2.05) is 6.92 Å². The van der Waals surface area contributed by atoms with Crippen LogP contribution in [0.3, 0.4) is 0 Å². The first-order valence-corrected chi connectivity index (χ1v) is 5.71. The monoisotopic (exact) mass is 254 g/mol. The Hall–Kier alpha value is -1.96. The number of nitrogens with one attached hydrogen (secondary N) is 1. The van der Waals surface area contributed by atoms with E-state index in [1.165, 1.54) is 0 Å². The highest BCUT2D eigenvalue weighted by atomic mass is 32.1. The lowest BCUT2D eigenvalue weighted by Crippen LogP contribution is -2.03. The van der Waals surface area contributed by atoms with E-state index in [2.05, 4.69) is 20.4 Å².